The van der Waals surface area contributed by atoms with Crippen molar-refractivity contribution in [2.45, 2.75) is 6.61 Å². The third-order valence-corrected chi connectivity index (χ3v) is 3.61. The molecule has 1 N–H and O–H groups in total. The average molecular weight is 363 g/mol. The lowest BCUT2D eigenvalue weighted by Crippen LogP contribution is -2.01. The van der Waals surface area contributed by atoms with Crippen LogP contribution in [0.15, 0.2) is 28.7 Å². The fraction of sp³-hybridized carbons (Fsp3) is 0.167. The maximum absolute atomic E-state index is 5.94. The lowest BCUT2D eigenvalue weighted by molar-refractivity contribution is 0.178. The lowest BCUT2D eigenvalue weighted by atomic mass is 10.3. The number of hydrogen-bond acceptors (Lipinski definition) is 4. The van der Waals surface area contributed by atoms with E-state index in [2.05, 4.69) is 31.2 Å². The number of benzene rings is 1. The summed E-state index contributed by atoms with van der Waals surface area (Å²) in [5, 5.41) is 4.14. The third kappa shape index (κ3) is 4.04. The molecular weight excluding hydrogens is 353 g/mol. The van der Waals surface area contributed by atoms with Gasteiger partial charge >= 0.3 is 0 Å². The van der Waals surface area contributed by atoms with Gasteiger partial charge in [0.25, 0.3) is 0 Å². The predicted octanol–water partition coefficient (Wildman–Crippen LogP) is 4.44. The van der Waals surface area contributed by atoms with Crippen LogP contribution in [0.1, 0.15) is 5.82 Å². The molecule has 0 radical (unpaired) electrons. The van der Waals surface area contributed by atoms with Crippen LogP contribution in [0.5, 0.6) is 0 Å². The van der Waals surface area contributed by atoms with Crippen LogP contribution in [-0.4, -0.2) is 17.1 Å². The maximum atomic E-state index is 5.94. The Hall–Kier alpha value is -0.880. The van der Waals surface area contributed by atoms with E-state index in [0.29, 0.717) is 28.4 Å². The van der Waals surface area contributed by atoms with Gasteiger partial charge in [-0.05, 0) is 34.1 Å². The van der Waals surface area contributed by atoms with Crippen molar-refractivity contribution in [2.24, 2.45) is 0 Å². The molecule has 0 fully saturated rings. The van der Waals surface area contributed by atoms with Crippen LogP contribution in [0.4, 0.5) is 11.5 Å². The zero-order chi connectivity index (χ0) is 13.8. The smallest absolute Gasteiger partial charge is 0.158 e. The summed E-state index contributed by atoms with van der Waals surface area (Å²) >= 11 is 15.2. The number of methoxy groups -OCH3 is 1. The Morgan fingerprint density at radius 2 is 2.05 bits per heavy atom. The summed E-state index contributed by atoms with van der Waals surface area (Å²) in [5.74, 6) is 1.12. The summed E-state index contributed by atoms with van der Waals surface area (Å²) in [4.78, 5) is 8.35. The molecule has 0 atom stereocenters. The van der Waals surface area contributed by atoms with Gasteiger partial charge in [-0.3, -0.25) is 0 Å². The second-order valence-corrected chi connectivity index (χ2v) is 5.33. The molecule has 1 heterocycles. The molecule has 1 aromatic heterocycles. The first-order valence-electron chi connectivity index (χ1n) is 5.33. The topological polar surface area (TPSA) is 47.0 Å². The van der Waals surface area contributed by atoms with Crippen molar-refractivity contribution in [2.75, 3.05) is 12.4 Å². The van der Waals surface area contributed by atoms with Crippen LogP contribution in [0.3, 0.4) is 0 Å². The number of halogens is 3. The first-order chi connectivity index (χ1) is 9.08. The molecule has 7 heteroatoms. The highest BCUT2D eigenvalue weighted by Crippen LogP contribution is 2.27. The number of anilines is 2. The zero-order valence-corrected chi connectivity index (χ0v) is 13.1. The van der Waals surface area contributed by atoms with Gasteiger partial charge in [0.1, 0.15) is 17.6 Å². The standard InChI is InChI=1S/C12H10BrCl2N3O/c1-19-6-12-17-10(15)5-11(18-12)16-7-2-3-9(14)8(13)4-7/h2-5H,6H2,1H3,(H,16,17,18). The van der Waals surface area contributed by atoms with Gasteiger partial charge in [0, 0.05) is 23.3 Å². The van der Waals surface area contributed by atoms with E-state index in [-0.39, 0.29) is 0 Å². The molecule has 0 amide bonds. The highest BCUT2D eigenvalue weighted by molar-refractivity contribution is 9.10. The monoisotopic (exact) mass is 361 g/mol. The number of aromatic nitrogens is 2. The highest BCUT2D eigenvalue weighted by Gasteiger charge is 2.05. The Bertz CT molecular complexity index is 595. The largest absolute Gasteiger partial charge is 0.377 e. The number of nitrogens with one attached hydrogen (secondary N) is 1. The maximum Gasteiger partial charge on any atom is 0.158 e. The second kappa shape index (κ2) is 6.52. The van der Waals surface area contributed by atoms with Crippen LogP contribution < -0.4 is 5.32 Å². The Morgan fingerprint density at radius 1 is 1.26 bits per heavy atom. The quantitative estimate of drug-likeness (QED) is 0.817. The number of nitrogens with zero attached hydrogens (tertiary/aromatic N) is 2. The first kappa shape index (κ1) is 14.5. The number of hydrogen-bond donors (Lipinski definition) is 1. The SMILES string of the molecule is COCc1nc(Cl)cc(Nc2ccc(Cl)c(Br)c2)n1. The normalized spacial score (nSPS) is 10.5. The van der Waals surface area contributed by atoms with Crippen molar-refractivity contribution in [3.05, 3.63) is 44.7 Å². The molecule has 4 nitrogen and oxygen atoms in total. The average Bonchev–Trinajstić information content (AvgIpc) is 2.33. The Balaban J connectivity index is 2.24. The van der Waals surface area contributed by atoms with E-state index in [0.717, 1.165) is 10.2 Å². The van der Waals surface area contributed by atoms with Gasteiger partial charge in [-0.1, -0.05) is 23.2 Å². The van der Waals surface area contributed by atoms with Crippen molar-refractivity contribution in [1.29, 1.82) is 0 Å². The Labute approximate surface area is 129 Å². The van der Waals surface area contributed by atoms with Gasteiger partial charge in [-0.25, -0.2) is 9.97 Å². The fourth-order valence-electron chi connectivity index (χ4n) is 1.44. The number of rotatable bonds is 4. The molecule has 0 spiro atoms. The molecule has 0 saturated carbocycles. The summed E-state index contributed by atoms with van der Waals surface area (Å²) in [5.41, 5.74) is 0.842. The summed E-state index contributed by atoms with van der Waals surface area (Å²) in [6.07, 6.45) is 0. The molecule has 0 bridgehead atoms. The molecule has 100 valence electrons. The minimum Gasteiger partial charge on any atom is -0.377 e. The molecule has 2 aromatic rings. The summed E-state index contributed by atoms with van der Waals surface area (Å²) in [6, 6.07) is 7.13. The van der Waals surface area contributed by atoms with Crippen LogP contribution in [0.25, 0.3) is 0 Å². The fourth-order valence-corrected chi connectivity index (χ4v) is 2.14. The van der Waals surface area contributed by atoms with Crippen molar-refractivity contribution in [3.8, 4) is 0 Å². The molecule has 2 rings (SSSR count). The number of ether oxygens (including phenoxy) is 1. The van der Waals surface area contributed by atoms with E-state index in [1.54, 1.807) is 19.2 Å². The van der Waals surface area contributed by atoms with E-state index < -0.39 is 0 Å². The lowest BCUT2D eigenvalue weighted by Gasteiger charge is -2.08. The van der Waals surface area contributed by atoms with Gasteiger partial charge in [0.15, 0.2) is 5.82 Å². The molecule has 0 unspecified atom stereocenters. The predicted molar refractivity (Wildman–Crippen MR) is 80.2 cm³/mol. The first-order valence-corrected chi connectivity index (χ1v) is 6.88. The minimum atomic E-state index is 0.305. The van der Waals surface area contributed by atoms with Crippen molar-refractivity contribution in [1.82, 2.24) is 9.97 Å². The van der Waals surface area contributed by atoms with Crippen LogP contribution in [-0.2, 0) is 11.3 Å². The van der Waals surface area contributed by atoms with Gasteiger partial charge in [-0.15, -0.1) is 0 Å². The molecular formula is C12H10BrCl2N3O. The summed E-state index contributed by atoms with van der Waals surface area (Å²) in [7, 11) is 1.58. The van der Waals surface area contributed by atoms with Gasteiger partial charge < -0.3 is 10.1 Å². The Morgan fingerprint density at radius 3 is 2.74 bits per heavy atom. The van der Waals surface area contributed by atoms with E-state index in [9.17, 15) is 0 Å². The van der Waals surface area contributed by atoms with E-state index >= 15 is 0 Å². The second-order valence-electron chi connectivity index (χ2n) is 3.68. The molecule has 0 aliphatic carbocycles. The van der Waals surface area contributed by atoms with Crippen molar-refractivity contribution >= 4 is 50.6 Å². The summed E-state index contributed by atoms with van der Waals surface area (Å²) < 4.78 is 5.79. The molecule has 0 saturated heterocycles. The summed E-state index contributed by atoms with van der Waals surface area (Å²) in [6.45, 7) is 0.305. The Kier molecular flexibility index (Phi) is 4.99. The van der Waals surface area contributed by atoms with Crippen LogP contribution in [0.2, 0.25) is 10.2 Å². The van der Waals surface area contributed by atoms with Gasteiger partial charge in [-0.2, -0.15) is 0 Å². The molecule has 1 aromatic carbocycles. The molecule has 0 aliphatic rings. The van der Waals surface area contributed by atoms with E-state index in [1.807, 2.05) is 12.1 Å². The van der Waals surface area contributed by atoms with Crippen LogP contribution in [0, 0.1) is 0 Å². The van der Waals surface area contributed by atoms with Crippen LogP contribution >= 0.6 is 39.1 Å². The van der Waals surface area contributed by atoms with Gasteiger partial charge in [0.2, 0.25) is 0 Å². The minimum absolute atomic E-state index is 0.305. The molecule has 19 heavy (non-hydrogen) atoms. The van der Waals surface area contributed by atoms with E-state index in [1.165, 1.54) is 0 Å². The van der Waals surface area contributed by atoms with Crippen molar-refractivity contribution in [3.63, 3.8) is 0 Å². The van der Waals surface area contributed by atoms with E-state index in [4.69, 9.17) is 27.9 Å². The third-order valence-electron chi connectivity index (χ3n) is 2.21. The van der Waals surface area contributed by atoms with Crippen molar-refractivity contribution < 1.29 is 4.74 Å². The molecule has 0 aliphatic heterocycles. The zero-order valence-electron chi connectivity index (χ0n) is 9.95. The highest BCUT2D eigenvalue weighted by atomic mass is 79.9. The van der Waals surface area contributed by atoms with Gasteiger partial charge in [0.05, 0.1) is 5.02 Å².